The fourth-order valence-corrected chi connectivity index (χ4v) is 2.91. The number of aromatic nitrogens is 1. The molecule has 0 aromatic carbocycles. The lowest BCUT2D eigenvalue weighted by molar-refractivity contribution is 0.196. The minimum absolute atomic E-state index is 0.0906. The van der Waals surface area contributed by atoms with Crippen LogP contribution in [0.4, 0.5) is 5.69 Å². The molecular formula is C13H23N3O5S. The van der Waals surface area contributed by atoms with Crippen molar-refractivity contribution in [1.82, 2.24) is 9.71 Å². The molecule has 1 aromatic heterocycles. The Morgan fingerprint density at radius 2 is 1.86 bits per heavy atom. The minimum atomic E-state index is -3.67. The summed E-state index contributed by atoms with van der Waals surface area (Å²) in [6.45, 7) is 1.70. The van der Waals surface area contributed by atoms with Gasteiger partial charge < -0.3 is 19.5 Å². The van der Waals surface area contributed by atoms with E-state index in [2.05, 4.69) is 15.0 Å². The molecule has 126 valence electrons. The zero-order valence-corrected chi connectivity index (χ0v) is 13.9. The van der Waals surface area contributed by atoms with Gasteiger partial charge >= 0.3 is 0 Å². The topological polar surface area (TPSA) is 98.8 Å². The second kappa shape index (κ2) is 9.57. The Morgan fingerprint density at radius 3 is 2.50 bits per heavy atom. The maximum atomic E-state index is 12.4. The molecule has 1 heterocycles. The van der Waals surface area contributed by atoms with E-state index in [9.17, 15) is 8.42 Å². The fourth-order valence-electron chi connectivity index (χ4n) is 1.67. The Kier molecular flexibility index (Phi) is 8.10. The molecule has 1 aromatic rings. The summed E-state index contributed by atoms with van der Waals surface area (Å²) < 4.78 is 42.2. The van der Waals surface area contributed by atoms with Gasteiger partial charge in [0.25, 0.3) is 0 Å². The first-order valence-electron chi connectivity index (χ1n) is 6.80. The van der Waals surface area contributed by atoms with E-state index in [1.165, 1.54) is 19.4 Å². The highest BCUT2D eigenvalue weighted by Crippen LogP contribution is 2.23. The van der Waals surface area contributed by atoms with Crippen molar-refractivity contribution in [3.05, 3.63) is 12.3 Å². The third-order valence-corrected chi connectivity index (χ3v) is 4.28. The number of ether oxygens (including phenoxy) is 3. The fraction of sp³-hybridized carbons (Fsp3) is 0.615. The molecule has 8 nitrogen and oxygen atoms in total. The summed E-state index contributed by atoms with van der Waals surface area (Å²) in [6.07, 6.45) is 2.02. The smallest absolute Gasteiger partial charge is 0.242 e. The van der Waals surface area contributed by atoms with Crippen LogP contribution in [0, 0.1) is 0 Å². The second-order valence-corrected chi connectivity index (χ2v) is 6.12. The lowest BCUT2D eigenvalue weighted by Crippen LogP contribution is -2.26. The molecule has 0 spiro atoms. The van der Waals surface area contributed by atoms with Crippen LogP contribution >= 0.6 is 0 Å². The predicted octanol–water partition coefficient (Wildman–Crippen LogP) is 0.463. The van der Waals surface area contributed by atoms with Gasteiger partial charge in [0, 0.05) is 40.0 Å². The van der Waals surface area contributed by atoms with Crippen LogP contribution in [0.25, 0.3) is 0 Å². The molecule has 0 amide bonds. The van der Waals surface area contributed by atoms with Gasteiger partial charge in [0.1, 0.15) is 4.90 Å². The van der Waals surface area contributed by atoms with E-state index in [-0.39, 0.29) is 10.8 Å². The number of methoxy groups -OCH3 is 3. The van der Waals surface area contributed by atoms with E-state index >= 15 is 0 Å². The standard InChI is InChI=1S/C13H23N3O5S/c1-19-7-4-5-16-22(17,18)12-9-13(21-3)15-10-11(12)14-6-8-20-2/h9-10,14,16H,4-8H2,1-3H3. The maximum absolute atomic E-state index is 12.4. The number of nitrogens with zero attached hydrogens (tertiary/aromatic N) is 1. The first-order chi connectivity index (χ1) is 10.5. The van der Waals surface area contributed by atoms with Gasteiger partial charge in [0.2, 0.25) is 15.9 Å². The van der Waals surface area contributed by atoms with E-state index in [1.807, 2.05) is 0 Å². The molecule has 0 saturated heterocycles. The van der Waals surface area contributed by atoms with Crippen molar-refractivity contribution in [3.8, 4) is 5.88 Å². The minimum Gasteiger partial charge on any atom is -0.481 e. The Labute approximate surface area is 131 Å². The molecule has 0 bridgehead atoms. The van der Waals surface area contributed by atoms with Crippen LogP contribution in [-0.2, 0) is 19.5 Å². The Hall–Kier alpha value is -1.42. The highest BCUT2D eigenvalue weighted by Gasteiger charge is 2.20. The van der Waals surface area contributed by atoms with E-state index in [0.29, 0.717) is 38.4 Å². The molecule has 9 heteroatoms. The quantitative estimate of drug-likeness (QED) is 0.568. The highest BCUT2D eigenvalue weighted by atomic mass is 32.2. The van der Waals surface area contributed by atoms with Gasteiger partial charge in [-0.2, -0.15) is 0 Å². The van der Waals surface area contributed by atoms with E-state index in [1.54, 1.807) is 14.2 Å². The second-order valence-electron chi connectivity index (χ2n) is 4.39. The van der Waals surface area contributed by atoms with Crippen LogP contribution < -0.4 is 14.8 Å². The number of rotatable bonds is 11. The van der Waals surface area contributed by atoms with E-state index in [0.717, 1.165) is 0 Å². The van der Waals surface area contributed by atoms with Crippen LogP contribution in [0.5, 0.6) is 5.88 Å². The molecule has 1 rings (SSSR count). The molecule has 22 heavy (non-hydrogen) atoms. The van der Waals surface area contributed by atoms with Crippen LogP contribution in [0.15, 0.2) is 17.2 Å². The van der Waals surface area contributed by atoms with E-state index in [4.69, 9.17) is 14.2 Å². The molecule has 2 N–H and O–H groups in total. The first-order valence-corrected chi connectivity index (χ1v) is 8.29. The van der Waals surface area contributed by atoms with Crippen molar-refractivity contribution in [2.45, 2.75) is 11.3 Å². The van der Waals surface area contributed by atoms with Crippen LogP contribution in [0.3, 0.4) is 0 Å². The molecule has 0 radical (unpaired) electrons. The average molecular weight is 333 g/mol. The average Bonchev–Trinajstić information content (AvgIpc) is 2.52. The summed E-state index contributed by atoms with van der Waals surface area (Å²) in [5, 5.41) is 2.99. The molecule has 0 unspecified atom stereocenters. The lowest BCUT2D eigenvalue weighted by Gasteiger charge is -2.13. The molecule has 0 atom stereocenters. The Bertz CT molecular complexity index is 551. The number of anilines is 1. The molecule has 0 aliphatic carbocycles. The zero-order valence-electron chi connectivity index (χ0n) is 13.1. The van der Waals surface area contributed by atoms with Crippen LogP contribution in [0.1, 0.15) is 6.42 Å². The highest BCUT2D eigenvalue weighted by molar-refractivity contribution is 7.89. The molecule has 0 aliphatic heterocycles. The number of hydrogen-bond donors (Lipinski definition) is 2. The summed E-state index contributed by atoms with van der Waals surface area (Å²) in [5.74, 6) is 0.231. The van der Waals surface area contributed by atoms with Crippen molar-refractivity contribution in [3.63, 3.8) is 0 Å². The van der Waals surface area contributed by atoms with Crippen molar-refractivity contribution in [1.29, 1.82) is 0 Å². The number of pyridine rings is 1. The lowest BCUT2D eigenvalue weighted by atomic mass is 10.4. The van der Waals surface area contributed by atoms with Gasteiger partial charge in [-0.3, -0.25) is 0 Å². The molecule has 0 saturated carbocycles. The summed E-state index contributed by atoms with van der Waals surface area (Å²) in [4.78, 5) is 4.11. The SMILES string of the molecule is COCCCNS(=O)(=O)c1cc(OC)ncc1NCCOC. The van der Waals surface area contributed by atoms with Crippen LogP contribution in [-0.4, -0.2) is 61.0 Å². The predicted molar refractivity (Wildman–Crippen MR) is 82.8 cm³/mol. The first kappa shape index (κ1) is 18.6. The largest absolute Gasteiger partial charge is 0.481 e. The summed E-state index contributed by atoms with van der Waals surface area (Å²) in [6, 6.07) is 1.38. The van der Waals surface area contributed by atoms with Crippen LogP contribution in [0.2, 0.25) is 0 Å². The maximum Gasteiger partial charge on any atom is 0.242 e. The number of sulfonamides is 1. The van der Waals surface area contributed by atoms with Gasteiger partial charge in [-0.05, 0) is 6.42 Å². The monoisotopic (exact) mass is 333 g/mol. The Morgan fingerprint density at radius 1 is 1.14 bits per heavy atom. The number of hydrogen-bond acceptors (Lipinski definition) is 7. The van der Waals surface area contributed by atoms with Crippen molar-refractivity contribution in [2.24, 2.45) is 0 Å². The molecule has 0 aliphatic rings. The van der Waals surface area contributed by atoms with Gasteiger partial charge in [0.15, 0.2) is 0 Å². The Balaban J connectivity index is 2.91. The van der Waals surface area contributed by atoms with Gasteiger partial charge in [-0.15, -0.1) is 0 Å². The van der Waals surface area contributed by atoms with Gasteiger partial charge in [-0.1, -0.05) is 0 Å². The zero-order chi connectivity index (χ0) is 16.4. The third kappa shape index (κ3) is 5.76. The summed E-state index contributed by atoms with van der Waals surface area (Å²) in [7, 11) is 0.905. The summed E-state index contributed by atoms with van der Waals surface area (Å²) in [5.41, 5.74) is 0.400. The van der Waals surface area contributed by atoms with Gasteiger partial charge in [-0.25, -0.2) is 18.1 Å². The van der Waals surface area contributed by atoms with Crippen molar-refractivity contribution >= 4 is 15.7 Å². The summed E-state index contributed by atoms with van der Waals surface area (Å²) >= 11 is 0. The van der Waals surface area contributed by atoms with Gasteiger partial charge in [0.05, 0.1) is 25.6 Å². The molecular weight excluding hydrogens is 310 g/mol. The third-order valence-electron chi connectivity index (χ3n) is 2.78. The van der Waals surface area contributed by atoms with Crippen molar-refractivity contribution < 1.29 is 22.6 Å². The number of nitrogens with one attached hydrogen (secondary N) is 2. The normalized spacial score (nSPS) is 11.4. The molecule has 0 fully saturated rings. The van der Waals surface area contributed by atoms with Crippen molar-refractivity contribution in [2.75, 3.05) is 52.9 Å². The van der Waals surface area contributed by atoms with E-state index < -0.39 is 10.0 Å².